The fourth-order valence-electron chi connectivity index (χ4n) is 1.56. The van der Waals surface area contributed by atoms with Crippen molar-refractivity contribution in [3.63, 3.8) is 0 Å². The van der Waals surface area contributed by atoms with Gasteiger partial charge in [0.1, 0.15) is 0 Å². The predicted octanol–water partition coefficient (Wildman–Crippen LogP) is 0.565. The highest BCUT2D eigenvalue weighted by molar-refractivity contribution is 5.96. The van der Waals surface area contributed by atoms with Crippen molar-refractivity contribution in [1.29, 1.82) is 0 Å². The number of benzene rings is 1. The molecule has 1 aromatic carbocycles. The number of carbonyl (C=O) groups excluding carboxylic acids is 2. The summed E-state index contributed by atoms with van der Waals surface area (Å²) in [6.07, 6.45) is 0. The molecule has 5 N–H and O–H groups in total. The van der Waals surface area contributed by atoms with Crippen LogP contribution in [0.1, 0.15) is 24.2 Å². The first kappa shape index (κ1) is 14.8. The number of rotatable bonds is 5. The van der Waals surface area contributed by atoms with Crippen molar-refractivity contribution < 1.29 is 9.59 Å². The van der Waals surface area contributed by atoms with Gasteiger partial charge in [0.05, 0.1) is 17.9 Å². The Morgan fingerprint density at radius 2 is 2.00 bits per heavy atom. The van der Waals surface area contributed by atoms with E-state index in [1.54, 1.807) is 25.2 Å². The Bertz CT molecular complexity index is 472. The largest absolute Gasteiger partial charge is 0.397 e. The van der Waals surface area contributed by atoms with Gasteiger partial charge in [0.25, 0.3) is 5.91 Å². The summed E-state index contributed by atoms with van der Waals surface area (Å²) in [6.45, 7) is 3.93. The predicted molar refractivity (Wildman–Crippen MR) is 76.0 cm³/mol. The fraction of sp³-hybridized carbons (Fsp3) is 0.385. The van der Waals surface area contributed by atoms with Crippen LogP contribution in [0.2, 0.25) is 0 Å². The molecule has 1 rings (SSSR count). The van der Waals surface area contributed by atoms with E-state index in [-0.39, 0.29) is 24.4 Å². The first-order valence-corrected chi connectivity index (χ1v) is 6.09. The van der Waals surface area contributed by atoms with Crippen molar-refractivity contribution in [3.05, 3.63) is 23.8 Å². The second-order valence-electron chi connectivity index (χ2n) is 4.46. The van der Waals surface area contributed by atoms with E-state index in [1.807, 2.05) is 13.8 Å². The molecule has 104 valence electrons. The molecular formula is C13H20N4O2. The summed E-state index contributed by atoms with van der Waals surface area (Å²) >= 11 is 0. The summed E-state index contributed by atoms with van der Waals surface area (Å²) in [6, 6.07) is 5.00. The maximum absolute atomic E-state index is 11.5. The van der Waals surface area contributed by atoms with Crippen LogP contribution in [0.3, 0.4) is 0 Å². The Morgan fingerprint density at radius 1 is 1.32 bits per heavy atom. The summed E-state index contributed by atoms with van der Waals surface area (Å²) in [5, 5.41) is 8.22. The lowest BCUT2D eigenvalue weighted by atomic mass is 10.1. The molecule has 0 aliphatic heterocycles. The third-order valence-electron chi connectivity index (χ3n) is 2.43. The van der Waals surface area contributed by atoms with Crippen molar-refractivity contribution >= 4 is 23.2 Å². The number of amides is 2. The molecule has 1 aromatic rings. The summed E-state index contributed by atoms with van der Waals surface area (Å²) < 4.78 is 0. The van der Waals surface area contributed by atoms with E-state index < -0.39 is 0 Å². The van der Waals surface area contributed by atoms with Gasteiger partial charge in [-0.3, -0.25) is 9.59 Å². The molecule has 0 radical (unpaired) electrons. The van der Waals surface area contributed by atoms with Crippen molar-refractivity contribution in [2.75, 3.05) is 24.6 Å². The van der Waals surface area contributed by atoms with Gasteiger partial charge in [-0.2, -0.15) is 0 Å². The minimum absolute atomic E-state index is 0.0993. The molecule has 0 aliphatic rings. The Labute approximate surface area is 112 Å². The van der Waals surface area contributed by atoms with Crippen LogP contribution >= 0.6 is 0 Å². The number of nitrogen functional groups attached to an aromatic ring is 1. The SMILES string of the molecule is CNC(=O)c1ccc(NCC(=O)NC(C)C)c(N)c1. The van der Waals surface area contributed by atoms with Crippen molar-refractivity contribution in [2.24, 2.45) is 0 Å². The maximum atomic E-state index is 11.5. The van der Waals surface area contributed by atoms with E-state index in [4.69, 9.17) is 5.73 Å². The molecule has 0 unspecified atom stereocenters. The van der Waals surface area contributed by atoms with Crippen LogP contribution in [0.5, 0.6) is 0 Å². The Balaban J connectivity index is 2.65. The number of hydrogen-bond acceptors (Lipinski definition) is 4. The lowest BCUT2D eigenvalue weighted by molar-refractivity contribution is -0.119. The average molecular weight is 264 g/mol. The van der Waals surface area contributed by atoms with Crippen molar-refractivity contribution in [2.45, 2.75) is 19.9 Å². The smallest absolute Gasteiger partial charge is 0.251 e. The van der Waals surface area contributed by atoms with Gasteiger partial charge in [0.2, 0.25) is 5.91 Å². The van der Waals surface area contributed by atoms with E-state index >= 15 is 0 Å². The van der Waals surface area contributed by atoms with E-state index in [0.717, 1.165) is 0 Å². The van der Waals surface area contributed by atoms with Gasteiger partial charge in [-0.1, -0.05) is 0 Å². The van der Waals surface area contributed by atoms with Gasteiger partial charge in [-0.15, -0.1) is 0 Å². The van der Waals surface area contributed by atoms with Gasteiger partial charge < -0.3 is 21.7 Å². The van der Waals surface area contributed by atoms with Gasteiger partial charge >= 0.3 is 0 Å². The number of anilines is 2. The zero-order chi connectivity index (χ0) is 14.4. The lowest BCUT2D eigenvalue weighted by Crippen LogP contribution is -2.34. The third-order valence-corrected chi connectivity index (χ3v) is 2.43. The second-order valence-corrected chi connectivity index (χ2v) is 4.46. The fourth-order valence-corrected chi connectivity index (χ4v) is 1.56. The molecule has 0 aliphatic carbocycles. The van der Waals surface area contributed by atoms with E-state index in [1.165, 1.54) is 0 Å². The minimum Gasteiger partial charge on any atom is -0.397 e. The summed E-state index contributed by atoms with van der Waals surface area (Å²) in [5.74, 6) is -0.305. The molecule has 0 spiro atoms. The summed E-state index contributed by atoms with van der Waals surface area (Å²) in [7, 11) is 1.56. The number of nitrogens with one attached hydrogen (secondary N) is 3. The van der Waals surface area contributed by atoms with Gasteiger partial charge in [-0.05, 0) is 32.0 Å². The molecule has 0 atom stereocenters. The average Bonchev–Trinajstić information content (AvgIpc) is 2.35. The molecule has 6 nitrogen and oxygen atoms in total. The zero-order valence-corrected chi connectivity index (χ0v) is 11.4. The number of hydrogen-bond donors (Lipinski definition) is 4. The summed E-state index contributed by atoms with van der Waals surface area (Å²) in [4.78, 5) is 22.9. The van der Waals surface area contributed by atoms with Crippen LogP contribution < -0.4 is 21.7 Å². The molecule has 2 amide bonds. The van der Waals surface area contributed by atoms with E-state index in [2.05, 4.69) is 16.0 Å². The lowest BCUT2D eigenvalue weighted by Gasteiger charge is -2.12. The molecule has 6 heteroatoms. The quantitative estimate of drug-likeness (QED) is 0.584. The minimum atomic E-state index is -0.198. The number of carbonyl (C=O) groups is 2. The van der Waals surface area contributed by atoms with Crippen LogP contribution in [-0.2, 0) is 4.79 Å². The van der Waals surface area contributed by atoms with Gasteiger partial charge in [-0.25, -0.2) is 0 Å². The van der Waals surface area contributed by atoms with Crippen LogP contribution in [0, 0.1) is 0 Å². The number of nitrogens with two attached hydrogens (primary N) is 1. The molecule has 0 saturated carbocycles. The van der Waals surface area contributed by atoms with Crippen molar-refractivity contribution in [3.8, 4) is 0 Å². The molecule has 0 aromatic heterocycles. The normalized spacial score (nSPS) is 10.1. The molecule has 0 fully saturated rings. The highest BCUT2D eigenvalue weighted by atomic mass is 16.2. The molecule has 19 heavy (non-hydrogen) atoms. The second kappa shape index (κ2) is 6.63. The molecule has 0 saturated heterocycles. The Hall–Kier alpha value is -2.24. The van der Waals surface area contributed by atoms with Gasteiger partial charge in [0.15, 0.2) is 0 Å². The Kier molecular flexibility index (Phi) is 5.17. The summed E-state index contributed by atoms with van der Waals surface area (Å²) in [5.41, 5.74) is 7.37. The first-order chi connectivity index (χ1) is 8.93. The first-order valence-electron chi connectivity index (χ1n) is 6.09. The monoisotopic (exact) mass is 264 g/mol. The topological polar surface area (TPSA) is 96.2 Å². The van der Waals surface area contributed by atoms with Gasteiger partial charge in [0, 0.05) is 18.7 Å². The third kappa shape index (κ3) is 4.50. The molecular weight excluding hydrogens is 244 g/mol. The van der Waals surface area contributed by atoms with Crippen LogP contribution in [0.15, 0.2) is 18.2 Å². The van der Waals surface area contributed by atoms with Crippen LogP contribution in [0.25, 0.3) is 0 Å². The maximum Gasteiger partial charge on any atom is 0.251 e. The van der Waals surface area contributed by atoms with Crippen LogP contribution in [0.4, 0.5) is 11.4 Å². The van der Waals surface area contributed by atoms with E-state index in [9.17, 15) is 9.59 Å². The Morgan fingerprint density at radius 3 is 2.53 bits per heavy atom. The van der Waals surface area contributed by atoms with Crippen LogP contribution in [-0.4, -0.2) is 31.4 Å². The highest BCUT2D eigenvalue weighted by Crippen LogP contribution is 2.19. The highest BCUT2D eigenvalue weighted by Gasteiger charge is 2.08. The zero-order valence-electron chi connectivity index (χ0n) is 11.4. The van der Waals surface area contributed by atoms with Crippen molar-refractivity contribution in [1.82, 2.24) is 10.6 Å². The standard InChI is InChI=1S/C13H20N4O2/c1-8(2)17-12(18)7-16-11-5-4-9(6-10(11)14)13(19)15-3/h4-6,8,16H,7,14H2,1-3H3,(H,15,19)(H,17,18). The molecule has 0 bridgehead atoms. The van der Waals surface area contributed by atoms with E-state index in [0.29, 0.717) is 16.9 Å². The molecule has 0 heterocycles.